The highest BCUT2D eigenvalue weighted by Crippen LogP contribution is 2.32. The Balaban J connectivity index is 1.49. The molecule has 0 bridgehead atoms. The number of aryl methyl sites for hydroxylation is 1. The molecule has 2 heterocycles. The number of nitrogens with zero attached hydrogens (tertiary/aromatic N) is 1. The third kappa shape index (κ3) is 4.12. The highest BCUT2D eigenvalue weighted by atomic mass is 16.5. The van der Waals surface area contributed by atoms with Gasteiger partial charge < -0.3 is 14.4 Å². The number of carbonyl (C=O) groups excluding carboxylic acids is 1. The summed E-state index contributed by atoms with van der Waals surface area (Å²) < 4.78 is 11.6. The first-order valence-corrected chi connectivity index (χ1v) is 8.84. The smallest absolute Gasteiger partial charge is 0.223 e. The molecule has 126 valence electrons. The summed E-state index contributed by atoms with van der Waals surface area (Å²) in [6.07, 6.45) is 4.82. The Hall–Kier alpha value is -1.39. The number of benzene rings is 1. The van der Waals surface area contributed by atoms with Crippen molar-refractivity contribution in [1.29, 1.82) is 0 Å². The Kier molecular flexibility index (Phi) is 5.68. The molecule has 3 atom stereocenters. The second-order valence-corrected chi connectivity index (χ2v) is 6.46. The molecule has 4 heteroatoms. The van der Waals surface area contributed by atoms with Gasteiger partial charge in [-0.15, -0.1) is 0 Å². The minimum Gasteiger partial charge on any atom is -0.379 e. The van der Waals surface area contributed by atoms with Gasteiger partial charge in [0.25, 0.3) is 0 Å². The van der Waals surface area contributed by atoms with Crippen LogP contribution >= 0.6 is 0 Å². The Morgan fingerprint density at radius 1 is 1.26 bits per heavy atom. The van der Waals surface area contributed by atoms with Crippen LogP contribution in [0.25, 0.3) is 0 Å². The van der Waals surface area contributed by atoms with E-state index in [1.54, 1.807) is 0 Å². The van der Waals surface area contributed by atoms with Crippen LogP contribution in [0.15, 0.2) is 30.3 Å². The van der Waals surface area contributed by atoms with E-state index in [0.29, 0.717) is 13.0 Å². The van der Waals surface area contributed by atoms with Gasteiger partial charge in [0.2, 0.25) is 5.91 Å². The van der Waals surface area contributed by atoms with Crippen LogP contribution in [0, 0.1) is 0 Å². The van der Waals surface area contributed by atoms with E-state index in [1.165, 1.54) is 5.56 Å². The van der Waals surface area contributed by atoms with Gasteiger partial charge >= 0.3 is 0 Å². The van der Waals surface area contributed by atoms with E-state index < -0.39 is 0 Å². The largest absolute Gasteiger partial charge is 0.379 e. The van der Waals surface area contributed by atoms with E-state index in [2.05, 4.69) is 17.0 Å². The standard InChI is InChI=1S/C19H27NO3/c1-2-22-14-16-9-10-17-18(23-16)12-13-20(17)19(21)11-8-15-6-4-3-5-7-15/h3-7,16-18H,2,8-14H2,1H3/t16-,17?,18?/m1/s1. The van der Waals surface area contributed by atoms with Gasteiger partial charge in [-0.2, -0.15) is 0 Å². The number of hydrogen-bond acceptors (Lipinski definition) is 3. The van der Waals surface area contributed by atoms with E-state index in [4.69, 9.17) is 9.47 Å². The molecule has 3 rings (SSSR count). The first-order valence-electron chi connectivity index (χ1n) is 8.84. The number of rotatable bonds is 6. The number of ether oxygens (including phenoxy) is 2. The molecular formula is C19H27NO3. The fourth-order valence-corrected chi connectivity index (χ4v) is 3.72. The fraction of sp³-hybridized carbons (Fsp3) is 0.632. The number of carbonyl (C=O) groups is 1. The molecule has 0 saturated carbocycles. The van der Waals surface area contributed by atoms with Crippen LogP contribution in [-0.2, 0) is 20.7 Å². The van der Waals surface area contributed by atoms with Crippen molar-refractivity contribution in [2.45, 2.75) is 57.3 Å². The number of fused-ring (bicyclic) bond motifs is 1. The molecule has 1 aromatic rings. The molecule has 0 aromatic heterocycles. The summed E-state index contributed by atoms with van der Waals surface area (Å²) in [5, 5.41) is 0. The lowest BCUT2D eigenvalue weighted by atomic mass is 9.99. The molecule has 2 saturated heterocycles. The second kappa shape index (κ2) is 7.93. The Bertz CT molecular complexity index is 505. The molecule has 0 spiro atoms. The zero-order valence-corrected chi connectivity index (χ0v) is 13.9. The Morgan fingerprint density at radius 2 is 2.09 bits per heavy atom. The lowest BCUT2D eigenvalue weighted by Crippen LogP contribution is -2.46. The Morgan fingerprint density at radius 3 is 2.87 bits per heavy atom. The maximum atomic E-state index is 12.6. The summed E-state index contributed by atoms with van der Waals surface area (Å²) in [6, 6.07) is 10.5. The van der Waals surface area contributed by atoms with Gasteiger partial charge in [0, 0.05) is 19.6 Å². The summed E-state index contributed by atoms with van der Waals surface area (Å²) in [5.41, 5.74) is 1.23. The van der Waals surface area contributed by atoms with Gasteiger partial charge in [-0.05, 0) is 38.2 Å². The van der Waals surface area contributed by atoms with Crippen LogP contribution in [0.2, 0.25) is 0 Å². The van der Waals surface area contributed by atoms with Gasteiger partial charge in [-0.3, -0.25) is 4.79 Å². The summed E-state index contributed by atoms with van der Waals surface area (Å²) >= 11 is 0. The third-order valence-electron chi connectivity index (χ3n) is 4.93. The topological polar surface area (TPSA) is 38.8 Å². The average Bonchev–Trinajstić information content (AvgIpc) is 3.02. The average molecular weight is 317 g/mol. The lowest BCUT2D eigenvalue weighted by molar-refractivity contribution is -0.138. The van der Waals surface area contributed by atoms with Crippen LogP contribution in [0.5, 0.6) is 0 Å². The molecule has 23 heavy (non-hydrogen) atoms. The molecule has 4 nitrogen and oxygen atoms in total. The molecule has 0 radical (unpaired) electrons. The normalized spacial score (nSPS) is 27.0. The first-order chi connectivity index (χ1) is 11.3. The van der Waals surface area contributed by atoms with Crippen LogP contribution in [0.4, 0.5) is 0 Å². The molecule has 2 aliphatic rings. The van der Waals surface area contributed by atoms with E-state index in [-0.39, 0.29) is 24.2 Å². The maximum Gasteiger partial charge on any atom is 0.223 e. The minimum atomic E-state index is 0.204. The van der Waals surface area contributed by atoms with E-state index in [9.17, 15) is 4.79 Å². The number of amides is 1. The highest BCUT2D eigenvalue weighted by Gasteiger charge is 2.41. The summed E-state index contributed by atoms with van der Waals surface area (Å²) in [5.74, 6) is 0.271. The number of hydrogen-bond donors (Lipinski definition) is 0. The molecule has 0 aliphatic carbocycles. The fourth-order valence-electron chi connectivity index (χ4n) is 3.72. The van der Waals surface area contributed by atoms with Gasteiger partial charge in [0.05, 0.1) is 24.9 Å². The quantitative estimate of drug-likeness (QED) is 0.810. The van der Waals surface area contributed by atoms with Gasteiger partial charge in [0.1, 0.15) is 0 Å². The molecule has 2 unspecified atom stereocenters. The second-order valence-electron chi connectivity index (χ2n) is 6.46. The molecule has 1 aromatic carbocycles. The Labute approximate surface area is 138 Å². The predicted molar refractivity (Wildman–Crippen MR) is 89.3 cm³/mol. The van der Waals surface area contributed by atoms with Crippen LogP contribution in [-0.4, -0.2) is 48.8 Å². The molecule has 2 fully saturated rings. The van der Waals surface area contributed by atoms with Crippen LogP contribution in [0.3, 0.4) is 0 Å². The van der Waals surface area contributed by atoms with Crippen molar-refractivity contribution in [3.05, 3.63) is 35.9 Å². The number of likely N-dealkylation sites (tertiary alicyclic amines) is 1. The van der Waals surface area contributed by atoms with E-state index >= 15 is 0 Å². The minimum absolute atomic E-state index is 0.204. The van der Waals surface area contributed by atoms with Crippen LogP contribution in [0.1, 0.15) is 38.2 Å². The third-order valence-corrected chi connectivity index (χ3v) is 4.93. The molecule has 0 N–H and O–H groups in total. The monoisotopic (exact) mass is 317 g/mol. The van der Waals surface area contributed by atoms with Crippen molar-refractivity contribution in [3.8, 4) is 0 Å². The highest BCUT2D eigenvalue weighted by molar-refractivity contribution is 5.77. The van der Waals surface area contributed by atoms with Crippen molar-refractivity contribution in [2.75, 3.05) is 19.8 Å². The van der Waals surface area contributed by atoms with Crippen LogP contribution < -0.4 is 0 Å². The predicted octanol–water partition coefficient (Wildman–Crippen LogP) is 2.80. The first kappa shape index (κ1) is 16.5. The van der Waals surface area contributed by atoms with Crippen molar-refractivity contribution in [1.82, 2.24) is 4.90 Å². The summed E-state index contributed by atoms with van der Waals surface area (Å²) in [4.78, 5) is 14.6. The SMILES string of the molecule is CCOC[C@H]1CCC2C(CCN2C(=O)CCc2ccccc2)O1. The van der Waals surface area contributed by atoms with E-state index in [0.717, 1.165) is 38.8 Å². The zero-order chi connectivity index (χ0) is 16.1. The van der Waals surface area contributed by atoms with Crippen molar-refractivity contribution in [3.63, 3.8) is 0 Å². The van der Waals surface area contributed by atoms with Crippen molar-refractivity contribution in [2.24, 2.45) is 0 Å². The maximum absolute atomic E-state index is 12.6. The molecular weight excluding hydrogens is 290 g/mol. The van der Waals surface area contributed by atoms with Gasteiger partial charge in [-0.1, -0.05) is 30.3 Å². The van der Waals surface area contributed by atoms with Crippen molar-refractivity contribution >= 4 is 5.91 Å². The summed E-state index contributed by atoms with van der Waals surface area (Å²) in [6.45, 7) is 4.26. The summed E-state index contributed by atoms with van der Waals surface area (Å²) in [7, 11) is 0. The zero-order valence-electron chi connectivity index (χ0n) is 13.9. The van der Waals surface area contributed by atoms with Gasteiger partial charge in [-0.25, -0.2) is 0 Å². The van der Waals surface area contributed by atoms with Gasteiger partial charge in [0.15, 0.2) is 0 Å². The van der Waals surface area contributed by atoms with Crippen molar-refractivity contribution < 1.29 is 14.3 Å². The van der Waals surface area contributed by atoms with E-state index in [1.807, 2.05) is 25.1 Å². The lowest BCUT2D eigenvalue weighted by Gasteiger charge is -2.36. The molecule has 1 amide bonds. The molecule has 2 aliphatic heterocycles.